The van der Waals surface area contributed by atoms with E-state index in [0.29, 0.717) is 0 Å². The molecule has 1 heterocycles. The number of rotatable bonds is 1. The molecule has 0 aliphatic carbocycles. The van der Waals surface area contributed by atoms with Crippen molar-refractivity contribution in [3.8, 4) is 0 Å². The minimum Gasteiger partial charge on any atom is -0.316 e. The minimum atomic E-state index is 0.734. The predicted molar refractivity (Wildman–Crippen MR) is 73.5 cm³/mol. The Kier molecular flexibility index (Phi) is 5.07. The smallest absolute Gasteiger partial charge is 0.172 e. The van der Waals surface area contributed by atoms with Crippen LogP contribution in [-0.2, 0) is 0 Å². The Labute approximate surface area is 103 Å². The van der Waals surface area contributed by atoms with Crippen molar-refractivity contribution in [3.05, 3.63) is 42.8 Å². The molecule has 0 N–H and O–H groups in total. The van der Waals surface area contributed by atoms with Crippen LogP contribution in [0.4, 0.5) is 0 Å². The van der Waals surface area contributed by atoms with Gasteiger partial charge >= 0.3 is 0 Å². The van der Waals surface area contributed by atoms with E-state index in [4.69, 9.17) is 0 Å². The third-order valence-electron chi connectivity index (χ3n) is 1.65. The number of hydrogen-bond acceptors (Lipinski definition) is 3. The van der Waals surface area contributed by atoms with Gasteiger partial charge in [0.05, 0.1) is 11.9 Å². The molecule has 15 heavy (non-hydrogen) atoms. The molecule has 0 aromatic rings. The maximum Gasteiger partial charge on any atom is 0.172 e. The van der Waals surface area contributed by atoms with Crippen molar-refractivity contribution in [2.75, 3.05) is 13.6 Å². The van der Waals surface area contributed by atoms with Crippen molar-refractivity contribution in [2.24, 2.45) is 9.98 Å². The van der Waals surface area contributed by atoms with Gasteiger partial charge in [0.2, 0.25) is 0 Å². The van der Waals surface area contributed by atoms with E-state index in [-0.39, 0.29) is 0 Å². The van der Waals surface area contributed by atoms with E-state index < -0.39 is 0 Å². The number of allylic oxidation sites excluding steroid dienone is 3. The predicted octanol–water partition coefficient (Wildman–Crippen LogP) is 2.53. The largest absolute Gasteiger partial charge is 0.316 e. The van der Waals surface area contributed by atoms with Crippen LogP contribution in [0.15, 0.2) is 52.8 Å². The summed E-state index contributed by atoms with van der Waals surface area (Å²) in [4.78, 5) is 10.1. The van der Waals surface area contributed by atoms with E-state index in [0.717, 1.165) is 16.1 Å². The molecule has 4 heteroatoms. The van der Waals surface area contributed by atoms with E-state index in [1.165, 1.54) is 0 Å². The van der Waals surface area contributed by atoms with Gasteiger partial charge in [0.15, 0.2) is 3.84 Å². The molecule has 1 aliphatic rings. The molecule has 0 aromatic heterocycles. The second kappa shape index (κ2) is 6.37. The quantitative estimate of drug-likeness (QED) is 0.415. The first-order valence-electron chi connectivity index (χ1n) is 4.44. The van der Waals surface area contributed by atoms with Crippen molar-refractivity contribution >= 4 is 32.3 Å². The number of hydrogen-bond donors (Lipinski definition) is 0. The van der Waals surface area contributed by atoms with E-state index in [2.05, 4.69) is 45.0 Å². The lowest BCUT2D eigenvalue weighted by molar-refractivity contribution is 0.644. The van der Waals surface area contributed by atoms with Crippen molar-refractivity contribution in [1.29, 1.82) is 0 Å². The van der Waals surface area contributed by atoms with E-state index in [1.54, 1.807) is 13.2 Å². The topological polar surface area (TPSA) is 28.0 Å². The molecule has 1 rings (SSSR count). The Morgan fingerprint density at radius 2 is 2.47 bits per heavy atom. The van der Waals surface area contributed by atoms with Gasteiger partial charge in [-0.1, -0.05) is 24.8 Å². The summed E-state index contributed by atoms with van der Waals surface area (Å²) in [5, 5.41) is 0. The molecule has 0 unspecified atom stereocenters. The average Bonchev–Trinajstić information content (AvgIpc) is 2.27. The van der Waals surface area contributed by atoms with Gasteiger partial charge in [0.1, 0.15) is 0 Å². The summed E-state index contributed by atoms with van der Waals surface area (Å²) in [5.41, 5.74) is 0.734. The molecular weight excluding hydrogens is 301 g/mol. The van der Waals surface area contributed by atoms with Gasteiger partial charge in [0.25, 0.3) is 0 Å². The summed E-state index contributed by atoms with van der Waals surface area (Å²) in [5.74, 6) is 2.79. The number of aliphatic imine (C=N–C) groups is 2. The molecule has 1 aliphatic heterocycles. The molecule has 0 spiro atoms. The normalized spacial score (nSPS) is 20.3. The fourth-order valence-electron chi connectivity index (χ4n) is 0.948. The molecule has 0 radical (unpaired) electrons. The highest BCUT2D eigenvalue weighted by Gasteiger charge is 2.03. The van der Waals surface area contributed by atoms with Crippen LogP contribution in [0.1, 0.15) is 0 Å². The van der Waals surface area contributed by atoms with Gasteiger partial charge in [-0.3, -0.25) is 0 Å². The molecule has 0 atom stereocenters. The number of amidine groups is 1. The first-order chi connectivity index (χ1) is 7.24. The standard InChI is InChI=1S/C11H12IN3/c1-10-6-4-3-5-8-15(9-7-13-2)11(12)14-10/h3-6,9H,1,8H2,2H3/b5-3-,6-4-,14-11?. The summed E-state index contributed by atoms with van der Waals surface area (Å²) in [6.45, 7) is 4.58. The van der Waals surface area contributed by atoms with Gasteiger partial charge in [-0.2, -0.15) is 0 Å². The molecule has 0 aromatic carbocycles. The minimum absolute atomic E-state index is 0.734. The molecule has 78 valence electrons. The highest BCUT2D eigenvalue weighted by Crippen LogP contribution is 2.08. The molecule has 3 nitrogen and oxygen atoms in total. The zero-order chi connectivity index (χ0) is 11.1. The molecule has 0 saturated heterocycles. The Hall–Kier alpha value is -1.13. The van der Waals surface area contributed by atoms with Gasteiger partial charge in [0, 0.05) is 13.6 Å². The maximum absolute atomic E-state index is 4.33. The van der Waals surface area contributed by atoms with Crippen molar-refractivity contribution in [2.45, 2.75) is 0 Å². The Bertz CT molecular complexity index is 385. The van der Waals surface area contributed by atoms with Gasteiger partial charge < -0.3 is 4.90 Å². The monoisotopic (exact) mass is 313 g/mol. The van der Waals surface area contributed by atoms with Crippen LogP contribution in [-0.4, -0.2) is 28.2 Å². The zero-order valence-corrected chi connectivity index (χ0v) is 10.7. The van der Waals surface area contributed by atoms with E-state index >= 15 is 0 Å². The van der Waals surface area contributed by atoms with Crippen molar-refractivity contribution in [3.63, 3.8) is 0 Å². The molecular formula is C11H12IN3. The van der Waals surface area contributed by atoms with Gasteiger partial charge in [-0.05, 0) is 34.5 Å². The van der Waals surface area contributed by atoms with Crippen molar-refractivity contribution in [1.82, 2.24) is 4.90 Å². The van der Waals surface area contributed by atoms with E-state index in [1.807, 2.05) is 29.2 Å². The Balaban J connectivity index is 2.96. The Morgan fingerprint density at radius 3 is 3.20 bits per heavy atom. The van der Waals surface area contributed by atoms with E-state index in [9.17, 15) is 0 Å². The summed E-state index contributed by atoms with van der Waals surface area (Å²) in [6, 6.07) is 0. The lowest BCUT2D eigenvalue weighted by Gasteiger charge is -2.14. The summed E-state index contributed by atoms with van der Waals surface area (Å²) < 4.78 is 0.852. The fourth-order valence-corrected chi connectivity index (χ4v) is 1.59. The first-order valence-corrected chi connectivity index (χ1v) is 5.52. The first kappa shape index (κ1) is 11.9. The van der Waals surface area contributed by atoms with Crippen LogP contribution < -0.4 is 0 Å². The summed E-state index contributed by atoms with van der Waals surface area (Å²) >= 11 is 2.17. The summed E-state index contributed by atoms with van der Waals surface area (Å²) in [7, 11) is 1.69. The van der Waals surface area contributed by atoms with Crippen LogP contribution >= 0.6 is 22.6 Å². The van der Waals surface area contributed by atoms with Crippen LogP contribution in [0.2, 0.25) is 0 Å². The van der Waals surface area contributed by atoms with Crippen LogP contribution in [0.25, 0.3) is 0 Å². The second-order valence-corrected chi connectivity index (χ2v) is 3.76. The Morgan fingerprint density at radius 1 is 1.67 bits per heavy atom. The fraction of sp³-hybridized carbons (Fsp3) is 0.182. The third-order valence-corrected chi connectivity index (χ3v) is 2.51. The van der Waals surface area contributed by atoms with Crippen LogP contribution in [0.5, 0.6) is 0 Å². The third kappa shape index (κ3) is 4.27. The van der Waals surface area contributed by atoms with Crippen LogP contribution in [0.3, 0.4) is 0 Å². The lowest BCUT2D eigenvalue weighted by atomic mass is 10.4. The zero-order valence-electron chi connectivity index (χ0n) is 8.52. The highest BCUT2D eigenvalue weighted by atomic mass is 127. The molecule has 0 fully saturated rings. The van der Waals surface area contributed by atoms with Crippen molar-refractivity contribution < 1.29 is 0 Å². The molecule has 0 bridgehead atoms. The second-order valence-electron chi connectivity index (χ2n) is 2.79. The number of nitrogens with zero attached hydrogens (tertiary/aromatic N) is 3. The molecule has 0 saturated carbocycles. The SMILES string of the molecule is C=C1/C=C\C=C/CN(C=C=NC)C(I)=N1. The lowest BCUT2D eigenvalue weighted by Crippen LogP contribution is -2.21. The summed E-state index contributed by atoms with van der Waals surface area (Å²) in [6.07, 6.45) is 9.58. The van der Waals surface area contributed by atoms with Crippen LogP contribution in [0, 0.1) is 0 Å². The van der Waals surface area contributed by atoms with Gasteiger partial charge in [-0.15, -0.1) is 0 Å². The molecule has 0 amide bonds. The number of halogens is 1. The highest BCUT2D eigenvalue weighted by molar-refractivity contribution is 14.1. The maximum atomic E-state index is 4.33. The average molecular weight is 313 g/mol. The van der Waals surface area contributed by atoms with Gasteiger partial charge in [-0.25, -0.2) is 9.98 Å².